The van der Waals surface area contributed by atoms with E-state index in [-0.39, 0.29) is 5.91 Å². The molecule has 0 bridgehead atoms. The third-order valence-corrected chi connectivity index (χ3v) is 2.32. The van der Waals surface area contributed by atoms with Crippen molar-refractivity contribution in [1.29, 1.82) is 0 Å². The molecule has 1 rings (SSSR count). The zero-order valence-electron chi connectivity index (χ0n) is 10.7. The Hall–Kier alpha value is -1.55. The van der Waals surface area contributed by atoms with Crippen molar-refractivity contribution in [2.24, 2.45) is 0 Å². The molecule has 0 aromatic heterocycles. The Bertz CT molecular complexity index is 378. The fraction of sp³-hybridized carbons (Fsp3) is 0.462. The minimum Gasteiger partial charge on any atom is -0.492 e. The lowest BCUT2D eigenvalue weighted by Gasteiger charge is -2.12. The number of carbonyl (C=O) groups is 1. The Kier molecular flexibility index (Phi) is 5.49. The number of ether oxygens (including phenoxy) is 1. The van der Waals surface area contributed by atoms with E-state index in [1.807, 2.05) is 32.2 Å². The van der Waals surface area contributed by atoms with Crippen LogP contribution >= 0.6 is 0 Å². The van der Waals surface area contributed by atoms with Crippen molar-refractivity contribution >= 4 is 11.6 Å². The molecule has 0 saturated carbocycles. The summed E-state index contributed by atoms with van der Waals surface area (Å²) in [6.45, 7) is 4.92. The number of hydrogen-bond donors (Lipinski definition) is 2. The molecule has 0 heterocycles. The van der Waals surface area contributed by atoms with Gasteiger partial charge in [-0.25, -0.2) is 0 Å². The van der Waals surface area contributed by atoms with Crippen LogP contribution in [0.3, 0.4) is 0 Å². The molecule has 1 aromatic carbocycles. The molecule has 0 unspecified atom stereocenters. The summed E-state index contributed by atoms with van der Waals surface area (Å²) in [5, 5.41) is 5.89. The van der Waals surface area contributed by atoms with E-state index in [1.54, 1.807) is 0 Å². The first-order valence-corrected chi connectivity index (χ1v) is 5.85. The third-order valence-electron chi connectivity index (χ3n) is 2.32. The second kappa shape index (κ2) is 6.91. The van der Waals surface area contributed by atoms with Gasteiger partial charge in [-0.1, -0.05) is 6.07 Å². The number of carbonyl (C=O) groups excluding carboxylic acids is 1. The molecule has 4 heteroatoms. The Balaban J connectivity index is 2.88. The molecular weight excluding hydrogens is 216 g/mol. The molecule has 0 aliphatic heterocycles. The molecule has 0 aliphatic carbocycles. The number of rotatable bonds is 6. The lowest BCUT2D eigenvalue weighted by molar-refractivity contribution is -0.114. The molecule has 94 valence electrons. The number of anilines is 1. The first-order chi connectivity index (χ1) is 8.17. The predicted octanol–water partition coefficient (Wildman–Crippen LogP) is 1.81. The number of nitrogens with one attached hydrogen (secondary N) is 2. The molecule has 0 fully saturated rings. The van der Waals surface area contributed by atoms with Gasteiger partial charge in [-0.3, -0.25) is 4.79 Å². The number of benzene rings is 1. The number of hydrogen-bond acceptors (Lipinski definition) is 3. The number of amides is 1. The van der Waals surface area contributed by atoms with Crippen LogP contribution in [0.4, 0.5) is 5.69 Å². The molecule has 1 aromatic rings. The van der Waals surface area contributed by atoms with Crippen molar-refractivity contribution in [1.82, 2.24) is 5.32 Å². The number of likely N-dealkylation sites (N-methyl/N-ethyl adjacent to an activating group) is 1. The van der Waals surface area contributed by atoms with E-state index in [4.69, 9.17) is 4.74 Å². The average molecular weight is 236 g/mol. The highest BCUT2D eigenvalue weighted by Gasteiger charge is 2.06. The van der Waals surface area contributed by atoms with E-state index >= 15 is 0 Å². The summed E-state index contributed by atoms with van der Waals surface area (Å²) < 4.78 is 5.47. The molecule has 0 radical (unpaired) electrons. The van der Waals surface area contributed by atoms with Gasteiger partial charge in [0.05, 0.1) is 12.3 Å². The Morgan fingerprint density at radius 1 is 1.41 bits per heavy atom. The topological polar surface area (TPSA) is 50.4 Å². The largest absolute Gasteiger partial charge is 0.492 e. The summed E-state index contributed by atoms with van der Waals surface area (Å²) >= 11 is 0. The highest BCUT2D eigenvalue weighted by molar-refractivity contribution is 5.90. The van der Waals surface area contributed by atoms with Crippen LogP contribution in [0.2, 0.25) is 0 Å². The van der Waals surface area contributed by atoms with Gasteiger partial charge < -0.3 is 15.4 Å². The van der Waals surface area contributed by atoms with E-state index in [1.165, 1.54) is 12.5 Å². The highest BCUT2D eigenvalue weighted by atomic mass is 16.5. The summed E-state index contributed by atoms with van der Waals surface area (Å²) in [5.74, 6) is 0.632. The van der Waals surface area contributed by atoms with Gasteiger partial charge >= 0.3 is 0 Å². The van der Waals surface area contributed by atoms with Gasteiger partial charge in [-0.2, -0.15) is 0 Å². The van der Waals surface area contributed by atoms with Crippen molar-refractivity contribution < 1.29 is 9.53 Å². The zero-order valence-corrected chi connectivity index (χ0v) is 10.7. The van der Waals surface area contributed by atoms with E-state index in [2.05, 4.69) is 10.6 Å². The molecule has 0 aliphatic rings. The van der Waals surface area contributed by atoms with Crippen molar-refractivity contribution in [3.63, 3.8) is 0 Å². The van der Waals surface area contributed by atoms with Crippen molar-refractivity contribution in [3.05, 3.63) is 23.8 Å². The standard InChI is InChI=1S/C13H20N2O2/c1-4-17-13-6-5-11(7-8-14-3)9-12(13)15-10(2)16/h5-6,9,14H,4,7-8H2,1-3H3,(H,15,16). The SMILES string of the molecule is CCOc1ccc(CCNC)cc1NC(C)=O. The van der Waals surface area contributed by atoms with Crippen LogP contribution < -0.4 is 15.4 Å². The minimum absolute atomic E-state index is 0.0864. The zero-order chi connectivity index (χ0) is 12.7. The normalized spacial score (nSPS) is 10.1. The lowest BCUT2D eigenvalue weighted by atomic mass is 10.1. The maximum absolute atomic E-state index is 11.1. The third kappa shape index (κ3) is 4.44. The van der Waals surface area contributed by atoms with E-state index < -0.39 is 0 Å². The minimum atomic E-state index is -0.0864. The average Bonchev–Trinajstić information content (AvgIpc) is 2.29. The summed E-state index contributed by atoms with van der Waals surface area (Å²) in [5.41, 5.74) is 1.92. The fourth-order valence-corrected chi connectivity index (χ4v) is 1.57. The molecule has 0 spiro atoms. The van der Waals surface area contributed by atoms with E-state index in [0.29, 0.717) is 6.61 Å². The van der Waals surface area contributed by atoms with Crippen LogP contribution in [0.25, 0.3) is 0 Å². The Labute approximate surface area is 102 Å². The van der Waals surface area contributed by atoms with Gasteiger partial charge in [0.1, 0.15) is 5.75 Å². The predicted molar refractivity (Wildman–Crippen MR) is 69.5 cm³/mol. The smallest absolute Gasteiger partial charge is 0.221 e. The van der Waals surface area contributed by atoms with Gasteiger partial charge in [0.2, 0.25) is 5.91 Å². The summed E-state index contributed by atoms with van der Waals surface area (Å²) in [6.07, 6.45) is 0.926. The molecule has 2 N–H and O–H groups in total. The van der Waals surface area contributed by atoms with Gasteiger partial charge in [-0.05, 0) is 44.6 Å². The molecule has 0 saturated heterocycles. The van der Waals surface area contributed by atoms with Gasteiger partial charge in [-0.15, -0.1) is 0 Å². The Morgan fingerprint density at radius 2 is 2.18 bits per heavy atom. The summed E-state index contributed by atoms with van der Waals surface area (Å²) in [6, 6.07) is 5.89. The summed E-state index contributed by atoms with van der Waals surface area (Å²) in [7, 11) is 1.92. The maximum Gasteiger partial charge on any atom is 0.221 e. The maximum atomic E-state index is 11.1. The van der Waals surface area contributed by atoms with Crippen LogP contribution in [0.1, 0.15) is 19.4 Å². The second-order valence-corrected chi connectivity index (χ2v) is 3.80. The molecule has 17 heavy (non-hydrogen) atoms. The second-order valence-electron chi connectivity index (χ2n) is 3.80. The first kappa shape index (κ1) is 13.5. The summed E-state index contributed by atoms with van der Waals surface area (Å²) in [4.78, 5) is 11.1. The van der Waals surface area contributed by atoms with Crippen LogP contribution in [-0.4, -0.2) is 26.1 Å². The van der Waals surface area contributed by atoms with Gasteiger partial charge in [0, 0.05) is 6.92 Å². The van der Waals surface area contributed by atoms with Crippen LogP contribution in [0.5, 0.6) is 5.75 Å². The van der Waals surface area contributed by atoms with Crippen LogP contribution in [-0.2, 0) is 11.2 Å². The lowest BCUT2D eigenvalue weighted by Crippen LogP contribution is -2.12. The molecule has 0 atom stereocenters. The van der Waals surface area contributed by atoms with Crippen LogP contribution in [0, 0.1) is 0 Å². The van der Waals surface area contributed by atoms with Crippen molar-refractivity contribution in [3.8, 4) is 5.75 Å². The monoisotopic (exact) mass is 236 g/mol. The van der Waals surface area contributed by atoms with E-state index in [9.17, 15) is 4.79 Å². The first-order valence-electron chi connectivity index (χ1n) is 5.85. The van der Waals surface area contributed by atoms with Crippen LogP contribution in [0.15, 0.2) is 18.2 Å². The van der Waals surface area contributed by atoms with Crippen molar-refractivity contribution in [2.45, 2.75) is 20.3 Å². The fourth-order valence-electron chi connectivity index (χ4n) is 1.57. The highest BCUT2D eigenvalue weighted by Crippen LogP contribution is 2.26. The molecule has 1 amide bonds. The Morgan fingerprint density at radius 3 is 2.76 bits per heavy atom. The quantitative estimate of drug-likeness (QED) is 0.792. The van der Waals surface area contributed by atoms with Crippen molar-refractivity contribution in [2.75, 3.05) is 25.5 Å². The molecular formula is C13H20N2O2. The van der Waals surface area contributed by atoms with Gasteiger partial charge in [0.15, 0.2) is 0 Å². The van der Waals surface area contributed by atoms with Gasteiger partial charge in [0.25, 0.3) is 0 Å². The molecule has 4 nitrogen and oxygen atoms in total. The van der Waals surface area contributed by atoms with E-state index in [0.717, 1.165) is 24.4 Å².